The van der Waals surface area contributed by atoms with Gasteiger partial charge in [0.2, 0.25) is 10.0 Å². The van der Waals surface area contributed by atoms with Gasteiger partial charge in [0.1, 0.15) is 5.39 Å². The second kappa shape index (κ2) is 7.35. The molecule has 0 spiro atoms. The van der Waals surface area contributed by atoms with E-state index in [1.165, 1.54) is 12.1 Å². The van der Waals surface area contributed by atoms with E-state index in [2.05, 4.69) is 21.5 Å². The summed E-state index contributed by atoms with van der Waals surface area (Å²) in [5.41, 5.74) is 0.930. The van der Waals surface area contributed by atoms with Crippen molar-refractivity contribution in [1.29, 1.82) is 5.26 Å². The summed E-state index contributed by atoms with van der Waals surface area (Å²) < 4.78 is 24.6. The summed E-state index contributed by atoms with van der Waals surface area (Å²) in [7, 11) is -3.79. The smallest absolute Gasteiger partial charge is 0.261 e. The maximum Gasteiger partial charge on any atom is 0.261 e. The predicted molar refractivity (Wildman–Crippen MR) is 108 cm³/mol. The highest BCUT2D eigenvalue weighted by Crippen LogP contribution is 2.36. The topological polar surface area (TPSA) is 147 Å². The number of hydrogen-bond acceptors (Lipinski definition) is 6. The third-order valence-corrected chi connectivity index (χ3v) is 6.21. The van der Waals surface area contributed by atoms with Crippen LogP contribution in [0.25, 0.3) is 10.9 Å². The number of H-pyrrole nitrogens is 1. The van der Waals surface area contributed by atoms with E-state index in [0.29, 0.717) is 22.4 Å². The minimum Gasteiger partial charge on any atom is -0.338 e. The van der Waals surface area contributed by atoms with Gasteiger partial charge in [-0.1, -0.05) is 12.8 Å². The SMILES string of the molecule is N#CC1CCCCC1n1nc(Nc2ccc(S(N)(=O)=O)cc2)c2c(=O)[nH]ccc21. The summed E-state index contributed by atoms with van der Waals surface area (Å²) in [5.74, 6) is 0.195. The molecule has 9 nitrogen and oxygen atoms in total. The van der Waals surface area contributed by atoms with Crippen LogP contribution in [0, 0.1) is 17.2 Å². The molecule has 10 heteroatoms. The number of rotatable bonds is 4. The summed E-state index contributed by atoms with van der Waals surface area (Å²) in [4.78, 5) is 15.2. The second-order valence-corrected chi connectivity index (χ2v) is 8.70. The van der Waals surface area contributed by atoms with Crippen LogP contribution in [-0.2, 0) is 10.0 Å². The molecule has 1 saturated carbocycles. The summed E-state index contributed by atoms with van der Waals surface area (Å²) >= 11 is 0. The molecule has 2 unspecified atom stereocenters. The zero-order chi connectivity index (χ0) is 20.6. The van der Waals surface area contributed by atoms with Gasteiger partial charge in [0.25, 0.3) is 5.56 Å². The number of fused-ring (bicyclic) bond motifs is 1. The van der Waals surface area contributed by atoms with E-state index in [1.807, 2.05) is 0 Å². The number of aromatic amines is 1. The minimum absolute atomic E-state index is 0.00430. The predicted octanol–water partition coefficient (Wildman–Crippen LogP) is 2.37. The number of anilines is 2. The molecule has 3 aromatic rings. The molecule has 1 aromatic carbocycles. The maximum atomic E-state index is 12.5. The average molecular weight is 412 g/mol. The highest BCUT2D eigenvalue weighted by Gasteiger charge is 2.29. The summed E-state index contributed by atoms with van der Waals surface area (Å²) in [5, 5.41) is 22.8. The van der Waals surface area contributed by atoms with Gasteiger partial charge in [-0.3, -0.25) is 9.48 Å². The van der Waals surface area contributed by atoms with Crippen molar-refractivity contribution < 1.29 is 8.42 Å². The van der Waals surface area contributed by atoms with Gasteiger partial charge in [0.05, 0.1) is 28.4 Å². The second-order valence-electron chi connectivity index (χ2n) is 7.14. The van der Waals surface area contributed by atoms with Gasteiger partial charge in [0.15, 0.2) is 5.82 Å². The fraction of sp³-hybridized carbons (Fsp3) is 0.316. The van der Waals surface area contributed by atoms with Crippen molar-refractivity contribution >= 4 is 32.4 Å². The molecule has 29 heavy (non-hydrogen) atoms. The molecule has 0 amide bonds. The van der Waals surface area contributed by atoms with Gasteiger partial charge < -0.3 is 10.3 Å². The van der Waals surface area contributed by atoms with E-state index in [1.54, 1.807) is 29.1 Å². The molecule has 2 aromatic heterocycles. The molecule has 0 radical (unpaired) electrons. The van der Waals surface area contributed by atoms with E-state index in [-0.39, 0.29) is 22.4 Å². The maximum absolute atomic E-state index is 12.5. The van der Waals surface area contributed by atoms with Crippen LogP contribution in [0.3, 0.4) is 0 Å². The molecule has 1 aliphatic carbocycles. The first-order chi connectivity index (χ1) is 13.9. The van der Waals surface area contributed by atoms with Gasteiger partial charge in [-0.2, -0.15) is 10.4 Å². The first kappa shape index (κ1) is 19.2. The average Bonchev–Trinajstić information content (AvgIpc) is 3.07. The Morgan fingerprint density at radius 2 is 1.93 bits per heavy atom. The number of hydrogen-bond donors (Lipinski definition) is 3. The van der Waals surface area contributed by atoms with Crippen LogP contribution >= 0.6 is 0 Å². The Morgan fingerprint density at radius 3 is 2.62 bits per heavy atom. The molecule has 0 saturated heterocycles. The van der Waals surface area contributed by atoms with Crippen LogP contribution < -0.4 is 16.0 Å². The normalized spacial score (nSPS) is 19.7. The van der Waals surface area contributed by atoms with Gasteiger partial charge in [0, 0.05) is 11.9 Å². The van der Waals surface area contributed by atoms with E-state index < -0.39 is 10.0 Å². The molecule has 150 valence electrons. The number of nitrogens with one attached hydrogen (secondary N) is 2. The number of primary sulfonamides is 1. The third kappa shape index (κ3) is 3.62. The fourth-order valence-electron chi connectivity index (χ4n) is 3.86. The monoisotopic (exact) mass is 412 g/mol. The summed E-state index contributed by atoms with van der Waals surface area (Å²) in [6.45, 7) is 0. The lowest BCUT2D eigenvalue weighted by Gasteiger charge is -2.27. The number of sulfonamides is 1. The Balaban J connectivity index is 1.77. The molecular formula is C19H20N6O3S. The van der Waals surface area contributed by atoms with E-state index in [9.17, 15) is 18.5 Å². The van der Waals surface area contributed by atoms with Crippen molar-refractivity contribution in [2.45, 2.75) is 36.6 Å². The Hall–Kier alpha value is -3.16. The zero-order valence-corrected chi connectivity index (χ0v) is 16.3. The lowest BCUT2D eigenvalue weighted by Crippen LogP contribution is -2.23. The third-order valence-electron chi connectivity index (χ3n) is 5.29. The minimum atomic E-state index is -3.79. The van der Waals surface area contributed by atoms with Crippen molar-refractivity contribution in [3.05, 3.63) is 46.9 Å². The van der Waals surface area contributed by atoms with Gasteiger partial charge in [-0.15, -0.1) is 0 Å². The van der Waals surface area contributed by atoms with E-state index in [4.69, 9.17) is 5.14 Å². The number of benzene rings is 1. The van der Waals surface area contributed by atoms with Crippen LogP contribution in [-0.4, -0.2) is 23.2 Å². The Morgan fingerprint density at radius 1 is 1.21 bits per heavy atom. The first-order valence-electron chi connectivity index (χ1n) is 9.28. The molecule has 2 atom stereocenters. The lowest BCUT2D eigenvalue weighted by molar-refractivity contribution is 0.277. The van der Waals surface area contributed by atoms with Crippen LogP contribution in [0.2, 0.25) is 0 Å². The number of pyridine rings is 1. The zero-order valence-electron chi connectivity index (χ0n) is 15.5. The van der Waals surface area contributed by atoms with E-state index >= 15 is 0 Å². The lowest BCUT2D eigenvalue weighted by atomic mass is 9.85. The molecule has 4 N–H and O–H groups in total. The summed E-state index contributed by atoms with van der Waals surface area (Å²) in [6, 6.07) is 9.93. The molecule has 0 aliphatic heterocycles. The molecule has 4 rings (SSSR count). The highest BCUT2D eigenvalue weighted by atomic mass is 32.2. The Kier molecular flexibility index (Phi) is 4.86. The van der Waals surface area contributed by atoms with Gasteiger partial charge >= 0.3 is 0 Å². The number of nitrogens with two attached hydrogens (primary N) is 1. The fourth-order valence-corrected chi connectivity index (χ4v) is 4.37. The largest absolute Gasteiger partial charge is 0.338 e. The van der Waals surface area contributed by atoms with Crippen molar-refractivity contribution in [3.63, 3.8) is 0 Å². The van der Waals surface area contributed by atoms with Crippen LogP contribution in [0.15, 0.2) is 46.2 Å². The van der Waals surface area contributed by atoms with Crippen molar-refractivity contribution in [2.75, 3.05) is 5.32 Å². The molecule has 1 fully saturated rings. The molecular weight excluding hydrogens is 392 g/mol. The molecule has 0 bridgehead atoms. The van der Waals surface area contributed by atoms with Crippen molar-refractivity contribution in [2.24, 2.45) is 11.1 Å². The summed E-state index contributed by atoms with van der Waals surface area (Å²) in [6.07, 6.45) is 5.22. The van der Waals surface area contributed by atoms with Gasteiger partial charge in [-0.05, 0) is 43.2 Å². The first-order valence-corrected chi connectivity index (χ1v) is 10.8. The molecule has 2 heterocycles. The van der Waals surface area contributed by atoms with Crippen LogP contribution in [0.1, 0.15) is 31.7 Å². The number of nitrogens with zero attached hydrogens (tertiary/aromatic N) is 3. The number of nitriles is 1. The quantitative estimate of drug-likeness (QED) is 0.599. The van der Waals surface area contributed by atoms with Gasteiger partial charge in [-0.25, -0.2) is 13.6 Å². The van der Waals surface area contributed by atoms with Crippen molar-refractivity contribution in [1.82, 2.24) is 14.8 Å². The van der Waals surface area contributed by atoms with Crippen LogP contribution in [0.4, 0.5) is 11.5 Å². The number of aromatic nitrogens is 3. The Labute approximate surface area is 167 Å². The van der Waals surface area contributed by atoms with Crippen LogP contribution in [0.5, 0.6) is 0 Å². The highest BCUT2D eigenvalue weighted by molar-refractivity contribution is 7.89. The Bertz CT molecular complexity index is 1250. The van der Waals surface area contributed by atoms with E-state index in [0.717, 1.165) is 25.7 Å². The molecule has 1 aliphatic rings. The standard InChI is InChI=1S/C19H20N6O3S/c20-11-12-3-1-2-4-15(12)25-16-9-10-22-19(26)17(16)18(24-25)23-13-5-7-14(8-6-13)29(21,27)28/h5-10,12,15H,1-4H2,(H,22,26)(H,23,24)(H2,21,27,28). The van der Waals surface area contributed by atoms with Crippen molar-refractivity contribution in [3.8, 4) is 6.07 Å².